The number of benzene rings is 1. The molecule has 2 rings (SSSR count). The standard InChI is InChI=1S/C13H13F4NO2/c14-8-5-7(9(15)11(17)10(8)16)12(20)18-6-13(1-2-13)3-4-19/h5,19H,1-4,6H2,(H,18,20). The quantitative estimate of drug-likeness (QED) is 0.496. The molecular formula is C13H13F4NO2. The molecule has 1 aliphatic carbocycles. The van der Waals surface area contributed by atoms with Gasteiger partial charge in [0.2, 0.25) is 0 Å². The maximum absolute atomic E-state index is 13.4. The van der Waals surface area contributed by atoms with Gasteiger partial charge in [-0.05, 0) is 30.7 Å². The molecule has 0 heterocycles. The number of carbonyl (C=O) groups excluding carboxylic acids is 1. The topological polar surface area (TPSA) is 49.3 Å². The van der Waals surface area contributed by atoms with Gasteiger partial charge in [0.05, 0.1) is 5.56 Å². The largest absolute Gasteiger partial charge is 0.396 e. The van der Waals surface area contributed by atoms with E-state index in [1.807, 2.05) is 0 Å². The van der Waals surface area contributed by atoms with Crippen LogP contribution >= 0.6 is 0 Å². The highest BCUT2D eigenvalue weighted by molar-refractivity contribution is 5.94. The summed E-state index contributed by atoms with van der Waals surface area (Å²) in [6.07, 6.45) is 2.10. The first-order valence-corrected chi connectivity index (χ1v) is 6.12. The van der Waals surface area contributed by atoms with Gasteiger partial charge in [-0.15, -0.1) is 0 Å². The van der Waals surface area contributed by atoms with Gasteiger partial charge < -0.3 is 10.4 Å². The molecule has 1 aliphatic rings. The highest BCUT2D eigenvalue weighted by Gasteiger charge is 2.42. The normalized spacial score (nSPS) is 16.1. The third-order valence-electron chi connectivity index (χ3n) is 3.57. The smallest absolute Gasteiger partial charge is 0.254 e. The zero-order chi connectivity index (χ0) is 14.9. The average Bonchev–Trinajstić information content (AvgIpc) is 3.18. The minimum atomic E-state index is -2.01. The first-order valence-electron chi connectivity index (χ1n) is 6.12. The van der Waals surface area contributed by atoms with Gasteiger partial charge in [-0.2, -0.15) is 0 Å². The number of hydrogen-bond donors (Lipinski definition) is 2. The van der Waals surface area contributed by atoms with Crippen LogP contribution in [0.4, 0.5) is 17.6 Å². The van der Waals surface area contributed by atoms with E-state index in [1.165, 1.54) is 0 Å². The lowest BCUT2D eigenvalue weighted by atomic mass is 10.0. The second-order valence-corrected chi connectivity index (χ2v) is 5.00. The molecule has 1 aromatic carbocycles. The van der Waals surface area contributed by atoms with Gasteiger partial charge in [0.25, 0.3) is 5.91 Å². The molecule has 0 atom stereocenters. The number of nitrogens with one attached hydrogen (secondary N) is 1. The number of halogens is 4. The van der Waals surface area contributed by atoms with Crippen LogP contribution in [0.1, 0.15) is 29.6 Å². The van der Waals surface area contributed by atoms with Crippen molar-refractivity contribution in [2.75, 3.05) is 13.2 Å². The molecule has 1 amide bonds. The highest BCUT2D eigenvalue weighted by atomic mass is 19.2. The Hall–Kier alpha value is -1.63. The summed E-state index contributed by atoms with van der Waals surface area (Å²) in [6, 6.07) is 0.328. The van der Waals surface area contributed by atoms with E-state index >= 15 is 0 Å². The Labute approximate surface area is 112 Å². The third kappa shape index (κ3) is 2.77. The molecular weight excluding hydrogens is 278 g/mol. The second kappa shape index (κ2) is 5.40. The van der Waals surface area contributed by atoms with Crippen LogP contribution in [0.15, 0.2) is 6.07 Å². The van der Waals surface area contributed by atoms with Gasteiger partial charge in [-0.25, -0.2) is 17.6 Å². The van der Waals surface area contributed by atoms with Crippen molar-refractivity contribution >= 4 is 5.91 Å². The lowest BCUT2D eigenvalue weighted by molar-refractivity contribution is 0.0934. The van der Waals surface area contributed by atoms with Gasteiger partial charge in [0.1, 0.15) is 0 Å². The van der Waals surface area contributed by atoms with Gasteiger partial charge in [-0.3, -0.25) is 4.79 Å². The Morgan fingerprint density at radius 2 is 1.85 bits per heavy atom. The van der Waals surface area contributed by atoms with Crippen molar-refractivity contribution in [2.24, 2.45) is 5.41 Å². The summed E-state index contributed by atoms with van der Waals surface area (Å²) in [5.41, 5.74) is -1.10. The van der Waals surface area contributed by atoms with Crippen LogP contribution in [0.25, 0.3) is 0 Å². The monoisotopic (exact) mass is 291 g/mol. The molecule has 0 radical (unpaired) electrons. The SMILES string of the molecule is O=C(NCC1(CCO)CC1)c1cc(F)c(F)c(F)c1F. The minimum absolute atomic E-state index is 0.0377. The molecule has 3 nitrogen and oxygen atoms in total. The zero-order valence-electron chi connectivity index (χ0n) is 10.5. The van der Waals surface area contributed by atoms with E-state index in [9.17, 15) is 22.4 Å². The van der Waals surface area contributed by atoms with E-state index in [-0.39, 0.29) is 18.6 Å². The molecule has 1 fully saturated rings. The fraction of sp³-hybridized carbons (Fsp3) is 0.462. The van der Waals surface area contributed by atoms with Crippen molar-refractivity contribution in [1.82, 2.24) is 5.32 Å². The van der Waals surface area contributed by atoms with Crippen molar-refractivity contribution in [3.63, 3.8) is 0 Å². The first-order chi connectivity index (χ1) is 9.40. The predicted octanol–water partition coefficient (Wildman–Crippen LogP) is 2.14. The Balaban J connectivity index is 2.10. The van der Waals surface area contributed by atoms with Crippen molar-refractivity contribution in [3.05, 3.63) is 34.9 Å². The fourth-order valence-electron chi connectivity index (χ4n) is 2.03. The molecule has 20 heavy (non-hydrogen) atoms. The molecule has 1 aromatic rings. The number of rotatable bonds is 5. The molecule has 2 N–H and O–H groups in total. The summed E-state index contributed by atoms with van der Waals surface area (Å²) in [5.74, 6) is -8.30. The molecule has 1 saturated carbocycles. The number of hydrogen-bond acceptors (Lipinski definition) is 2. The molecule has 0 spiro atoms. The van der Waals surface area contributed by atoms with E-state index in [0.29, 0.717) is 12.5 Å². The molecule has 0 aromatic heterocycles. The number of carbonyl (C=O) groups is 1. The maximum Gasteiger partial charge on any atom is 0.254 e. The summed E-state index contributed by atoms with van der Waals surface area (Å²) < 4.78 is 52.2. The van der Waals surface area contributed by atoms with Crippen LogP contribution in [0.2, 0.25) is 0 Å². The van der Waals surface area contributed by atoms with E-state index in [2.05, 4.69) is 5.32 Å². The van der Waals surface area contributed by atoms with E-state index < -0.39 is 34.7 Å². The van der Waals surface area contributed by atoms with Crippen molar-refractivity contribution in [1.29, 1.82) is 0 Å². The van der Waals surface area contributed by atoms with Crippen LogP contribution in [0.5, 0.6) is 0 Å². The maximum atomic E-state index is 13.4. The summed E-state index contributed by atoms with van der Waals surface area (Å²) in [4.78, 5) is 11.7. The minimum Gasteiger partial charge on any atom is -0.396 e. The second-order valence-electron chi connectivity index (χ2n) is 5.00. The lowest BCUT2D eigenvalue weighted by Gasteiger charge is -2.15. The molecule has 0 saturated heterocycles. The summed E-state index contributed by atoms with van der Waals surface area (Å²) in [6.45, 7) is 0.135. The molecule has 110 valence electrons. The molecule has 7 heteroatoms. The van der Waals surface area contributed by atoms with E-state index in [1.54, 1.807) is 0 Å². The first kappa shape index (κ1) is 14.8. The van der Waals surface area contributed by atoms with Crippen LogP contribution in [-0.4, -0.2) is 24.2 Å². The van der Waals surface area contributed by atoms with Gasteiger partial charge in [0, 0.05) is 13.2 Å². The van der Waals surface area contributed by atoms with Crippen LogP contribution < -0.4 is 5.32 Å². The van der Waals surface area contributed by atoms with Crippen molar-refractivity contribution < 1.29 is 27.5 Å². The Kier molecular flexibility index (Phi) is 3.99. The average molecular weight is 291 g/mol. The predicted molar refractivity (Wildman–Crippen MR) is 62.0 cm³/mol. The summed E-state index contributed by atoms with van der Waals surface area (Å²) >= 11 is 0. The highest BCUT2D eigenvalue weighted by Crippen LogP contribution is 2.47. The van der Waals surface area contributed by atoms with Gasteiger partial charge in [0.15, 0.2) is 23.3 Å². The van der Waals surface area contributed by atoms with Crippen molar-refractivity contribution in [2.45, 2.75) is 19.3 Å². The molecule has 0 aliphatic heterocycles. The van der Waals surface area contributed by atoms with Gasteiger partial charge in [-0.1, -0.05) is 0 Å². The number of amides is 1. The van der Waals surface area contributed by atoms with E-state index in [0.717, 1.165) is 12.8 Å². The number of aliphatic hydroxyl groups is 1. The van der Waals surface area contributed by atoms with Gasteiger partial charge >= 0.3 is 0 Å². The summed E-state index contributed by atoms with van der Waals surface area (Å²) in [7, 11) is 0. The lowest BCUT2D eigenvalue weighted by Crippen LogP contribution is -2.31. The summed E-state index contributed by atoms with van der Waals surface area (Å²) in [5, 5.41) is 11.2. The van der Waals surface area contributed by atoms with Crippen LogP contribution in [0.3, 0.4) is 0 Å². The molecule has 0 unspecified atom stereocenters. The van der Waals surface area contributed by atoms with Crippen molar-refractivity contribution in [3.8, 4) is 0 Å². The van der Waals surface area contributed by atoms with Crippen LogP contribution in [0, 0.1) is 28.7 Å². The Bertz CT molecular complexity index is 544. The third-order valence-corrected chi connectivity index (χ3v) is 3.57. The Morgan fingerprint density at radius 1 is 1.20 bits per heavy atom. The zero-order valence-corrected chi connectivity index (χ0v) is 10.5. The fourth-order valence-corrected chi connectivity index (χ4v) is 2.03. The van der Waals surface area contributed by atoms with Crippen LogP contribution in [-0.2, 0) is 0 Å². The Morgan fingerprint density at radius 3 is 2.40 bits per heavy atom. The number of aliphatic hydroxyl groups excluding tert-OH is 1. The van der Waals surface area contributed by atoms with E-state index in [4.69, 9.17) is 5.11 Å². The molecule has 0 bridgehead atoms.